The standard InChI is InChI=1S/C21H30N2O3/c1-5-6-12-22-21(24)20-11-10-19(26-20)15-23(16(2)3)14-17-8-7-9-18(13-17)25-4/h7-11,13,16H,5-6,12,14-15H2,1-4H3,(H,22,24)/p+1. The normalized spacial score (nSPS) is 12.2. The summed E-state index contributed by atoms with van der Waals surface area (Å²) in [7, 11) is 1.68. The quantitative estimate of drug-likeness (QED) is 0.642. The lowest BCUT2D eigenvalue weighted by molar-refractivity contribution is -0.949. The van der Waals surface area contributed by atoms with Gasteiger partial charge in [0, 0.05) is 12.1 Å². The van der Waals surface area contributed by atoms with Crippen LogP contribution in [0.1, 0.15) is 55.5 Å². The molecule has 0 fully saturated rings. The van der Waals surface area contributed by atoms with Crippen LogP contribution in [-0.2, 0) is 13.1 Å². The minimum absolute atomic E-state index is 0.136. The summed E-state index contributed by atoms with van der Waals surface area (Å²) in [4.78, 5) is 13.5. The Kier molecular flexibility index (Phi) is 7.73. The Bertz CT molecular complexity index is 694. The first kappa shape index (κ1) is 20.0. The number of nitrogens with one attached hydrogen (secondary N) is 2. The van der Waals surface area contributed by atoms with Gasteiger partial charge in [0.2, 0.25) is 0 Å². The number of amides is 1. The molecule has 0 aliphatic rings. The van der Waals surface area contributed by atoms with Crippen molar-refractivity contribution in [2.45, 2.75) is 52.7 Å². The zero-order valence-corrected chi connectivity index (χ0v) is 16.3. The van der Waals surface area contributed by atoms with Crippen molar-refractivity contribution in [1.82, 2.24) is 5.32 Å². The van der Waals surface area contributed by atoms with E-state index in [1.165, 1.54) is 10.5 Å². The first-order valence-corrected chi connectivity index (χ1v) is 9.38. The fourth-order valence-corrected chi connectivity index (χ4v) is 2.80. The van der Waals surface area contributed by atoms with Crippen molar-refractivity contribution in [3.63, 3.8) is 0 Å². The number of furan rings is 1. The maximum absolute atomic E-state index is 12.1. The van der Waals surface area contributed by atoms with Crippen molar-refractivity contribution < 1.29 is 18.8 Å². The Morgan fingerprint density at radius 1 is 1.23 bits per heavy atom. The molecule has 0 aliphatic heterocycles. The van der Waals surface area contributed by atoms with Gasteiger partial charge in [-0.1, -0.05) is 25.5 Å². The molecule has 5 nitrogen and oxygen atoms in total. The summed E-state index contributed by atoms with van der Waals surface area (Å²) in [5.41, 5.74) is 1.22. The minimum atomic E-state index is -0.136. The number of hydrogen-bond donors (Lipinski definition) is 2. The number of benzene rings is 1. The lowest BCUT2D eigenvalue weighted by Crippen LogP contribution is -3.12. The maximum Gasteiger partial charge on any atom is 0.286 e. The Morgan fingerprint density at radius 3 is 2.73 bits per heavy atom. The molecule has 0 spiro atoms. The molecule has 2 rings (SSSR count). The third-order valence-corrected chi connectivity index (χ3v) is 4.48. The fourth-order valence-electron chi connectivity index (χ4n) is 2.80. The van der Waals surface area contributed by atoms with Gasteiger partial charge in [0.1, 0.15) is 18.8 Å². The first-order valence-electron chi connectivity index (χ1n) is 9.38. The third kappa shape index (κ3) is 5.92. The van der Waals surface area contributed by atoms with Crippen molar-refractivity contribution in [1.29, 1.82) is 0 Å². The van der Waals surface area contributed by atoms with Crippen LogP contribution in [0.5, 0.6) is 5.75 Å². The molecule has 1 atom stereocenters. The van der Waals surface area contributed by atoms with Crippen LogP contribution < -0.4 is 15.0 Å². The Morgan fingerprint density at radius 2 is 2.04 bits per heavy atom. The first-order chi connectivity index (χ1) is 12.5. The van der Waals surface area contributed by atoms with E-state index in [0.29, 0.717) is 18.3 Å². The molecule has 5 heteroatoms. The third-order valence-electron chi connectivity index (χ3n) is 4.48. The molecule has 0 saturated heterocycles. The predicted molar refractivity (Wildman–Crippen MR) is 102 cm³/mol. The minimum Gasteiger partial charge on any atom is -0.497 e. The average molecular weight is 359 g/mol. The van der Waals surface area contributed by atoms with E-state index in [9.17, 15) is 4.79 Å². The van der Waals surface area contributed by atoms with Crippen LogP contribution in [0.2, 0.25) is 0 Å². The van der Waals surface area contributed by atoms with Crippen LogP contribution in [0.4, 0.5) is 0 Å². The van der Waals surface area contributed by atoms with E-state index in [-0.39, 0.29) is 5.91 Å². The molecular weight excluding hydrogens is 328 g/mol. The average Bonchev–Trinajstić information content (AvgIpc) is 3.10. The highest BCUT2D eigenvalue weighted by Crippen LogP contribution is 2.12. The van der Waals surface area contributed by atoms with Crippen molar-refractivity contribution in [3.8, 4) is 5.75 Å². The van der Waals surface area contributed by atoms with Gasteiger partial charge in [0.15, 0.2) is 11.5 Å². The topological polar surface area (TPSA) is 55.9 Å². The highest BCUT2D eigenvalue weighted by Gasteiger charge is 2.18. The lowest BCUT2D eigenvalue weighted by atomic mass is 10.1. The zero-order chi connectivity index (χ0) is 18.9. The number of carbonyl (C=O) groups excluding carboxylic acids is 1. The highest BCUT2D eigenvalue weighted by molar-refractivity contribution is 5.91. The molecule has 2 N–H and O–H groups in total. The van der Waals surface area contributed by atoms with Crippen LogP contribution in [0, 0.1) is 0 Å². The predicted octanol–water partition coefficient (Wildman–Crippen LogP) is 2.81. The van der Waals surface area contributed by atoms with E-state index in [1.807, 2.05) is 18.2 Å². The Balaban J connectivity index is 2.00. The van der Waals surface area contributed by atoms with Crippen LogP contribution in [0.25, 0.3) is 0 Å². The van der Waals surface area contributed by atoms with Crippen LogP contribution in [0.15, 0.2) is 40.8 Å². The van der Waals surface area contributed by atoms with Gasteiger partial charge in [-0.2, -0.15) is 0 Å². The second-order valence-corrected chi connectivity index (χ2v) is 6.89. The van der Waals surface area contributed by atoms with Gasteiger partial charge < -0.3 is 19.4 Å². The number of hydrogen-bond acceptors (Lipinski definition) is 3. The van der Waals surface area contributed by atoms with Crippen LogP contribution in [-0.4, -0.2) is 25.6 Å². The van der Waals surface area contributed by atoms with Crippen molar-refractivity contribution in [2.75, 3.05) is 13.7 Å². The van der Waals surface area contributed by atoms with Gasteiger partial charge >= 0.3 is 0 Å². The molecule has 1 unspecified atom stereocenters. The highest BCUT2D eigenvalue weighted by atomic mass is 16.5. The van der Waals surface area contributed by atoms with E-state index in [2.05, 4.69) is 38.2 Å². The van der Waals surface area contributed by atoms with Gasteiger partial charge in [-0.3, -0.25) is 4.79 Å². The number of rotatable bonds is 10. The molecule has 0 aliphatic carbocycles. The Labute approximate surface area is 156 Å². The van der Waals surface area contributed by atoms with Gasteiger partial charge in [-0.15, -0.1) is 0 Å². The zero-order valence-electron chi connectivity index (χ0n) is 16.3. The van der Waals surface area contributed by atoms with E-state index < -0.39 is 0 Å². The van der Waals surface area contributed by atoms with E-state index in [4.69, 9.17) is 9.15 Å². The van der Waals surface area contributed by atoms with Crippen molar-refractivity contribution in [3.05, 3.63) is 53.5 Å². The molecule has 26 heavy (non-hydrogen) atoms. The monoisotopic (exact) mass is 359 g/mol. The Hall–Kier alpha value is -2.27. The van der Waals surface area contributed by atoms with Crippen LogP contribution in [0.3, 0.4) is 0 Å². The van der Waals surface area contributed by atoms with Gasteiger partial charge in [0.05, 0.1) is 13.2 Å². The summed E-state index contributed by atoms with van der Waals surface area (Å²) in [6.45, 7) is 8.77. The SMILES string of the molecule is CCCCNC(=O)c1ccc(C[NH+](Cc2cccc(OC)c2)C(C)C)o1. The summed E-state index contributed by atoms with van der Waals surface area (Å²) < 4.78 is 11.1. The number of methoxy groups -OCH3 is 1. The second kappa shape index (κ2) is 10.0. The van der Waals surface area contributed by atoms with Crippen LogP contribution >= 0.6 is 0 Å². The summed E-state index contributed by atoms with van der Waals surface area (Å²) >= 11 is 0. The summed E-state index contributed by atoms with van der Waals surface area (Å²) in [6, 6.07) is 12.2. The molecule has 1 heterocycles. The molecule has 1 amide bonds. The summed E-state index contributed by atoms with van der Waals surface area (Å²) in [6.07, 6.45) is 2.03. The number of ether oxygens (including phenoxy) is 1. The number of unbranched alkanes of at least 4 members (excludes halogenated alkanes) is 1. The summed E-state index contributed by atoms with van der Waals surface area (Å²) in [5.74, 6) is 1.95. The molecule has 1 aromatic heterocycles. The molecule has 2 aromatic rings. The largest absolute Gasteiger partial charge is 0.497 e. The summed E-state index contributed by atoms with van der Waals surface area (Å²) in [5, 5.41) is 2.89. The molecular formula is C21H31N2O3+. The molecule has 1 aromatic carbocycles. The molecule has 0 radical (unpaired) electrons. The number of quaternary nitrogens is 1. The molecule has 142 valence electrons. The van der Waals surface area contributed by atoms with E-state index >= 15 is 0 Å². The number of carbonyl (C=O) groups is 1. The van der Waals surface area contributed by atoms with Gasteiger partial charge in [-0.25, -0.2) is 0 Å². The van der Waals surface area contributed by atoms with Gasteiger partial charge in [0.25, 0.3) is 5.91 Å². The lowest BCUT2D eigenvalue weighted by Gasteiger charge is -2.22. The fraction of sp³-hybridized carbons (Fsp3) is 0.476. The van der Waals surface area contributed by atoms with E-state index in [1.54, 1.807) is 13.2 Å². The smallest absolute Gasteiger partial charge is 0.286 e. The van der Waals surface area contributed by atoms with Crippen molar-refractivity contribution in [2.24, 2.45) is 0 Å². The maximum atomic E-state index is 12.1. The molecule has 0 saturated carbocycles. The molecule has 0 bridgehead atoms. The van der Waals surface area contributed by atoms with Crippen molar-refractivity contribution >= 4 is 5.91 Å². The van der Waals surface area contributed by atoms with Gasteiger partial charge in [-0.05, 0) is 44.5 Å². The second-order valence-electron chi connectivity index (χ2n) is 6.89. The van der Waals surface area contributed by atoms with E-state index in [0.717, 1.165) is 37.4 Å².